The van der Waals surface area contributed by atoms with Crippen molar-refractivity contribution >= 4 is 29.3 Å². The summed E-state index contributed by atoms with van der Waals surface area (Å²) in [7, 11) is 0. The molecule has 11 heteroatoms. The van der Waals surface area contributed by atoms with E-state index in [1.54, 1.807) is 24.0 Å². The number of carbonyl (C=O) groups excluding carboxylic acids is 3. The molecule has 8 nitrogen and oxygen atoms in total. The topological polar surface area (TPSA) is 91.0 Å². The van der Waals surface area contributed by atoms with Crippen LogP contribution in [0.3, 0.4) is 0 Å². The van der Waals surface area contributed by atoms with Gasteiger partial charge in [0.05, 0.1) is 18.7 Å². The maximum Gasteiger partial charge on any atom is 0.416 e. The third-order valence-electron chi connectivity index (χ3n) is 5.12. The molecule has 0 aliphatic carbocycles. The molecule has 3 rings (SSSR count). The number of nitrogens with zero attached hydrogens (tertiary/aromatic N) is 2. The summed E-state index contributed by atoms with van der Waals surface area (Å²) in [6.07, 6.45) is -4.89. The highest BCUT2D eigenvalue weighted by molar-refractivity contribution is 6.05. The Morgan fingerprint density at radius 3 is 2.24 bits per heavy atom. The number of nitrogens with one attached hydrogen (secondary N) is 2. The molecule has 0 saturated carbocycles. The summed E-state index contributed by atoms with van der Waals surface area (Å²) in [5, 5.41) is 5.15. The first-order chi connectivity index (χ1) is 16.2. The minimum absolute atomic E-state index is 0.0104. The van der Waals surface area contributed by atoms with Gasteiger partial charge in [0.1, 0.15) is 0 Å². The Bertz CT molecular complexity index is 1040. The van der Waals surface area contributed by atoms with Gasteiger partial charge in [-0.2, -0.15) is 13.2 Å². The Labute approximate surface area is 194 Å². The highest BCUT2D eigenvalue weighted by atomic mass is 19.4. The van der Waals surface area contributed by atoms with Gasteiger partial charge in [0.15, 0.2) is 0 Å². The summed E-state index contributed by atoms with van der Waals surface area (Å²) in [6, 6.07) is 10.5. The molecular weight excluding hydrogens is 453 g/mol. The lowest BCUT2D eigenvalue weighted by molar-refractivity contribution is -0.137. The molecule has 1 heterocycles. The second-order valence-electron chi connectivity index (χ2n) is 7.62. The summed E-state index contributed by atoms with van der Waals surface area (Å²) in [4.78, 5) is 40.2. The lowest BCUT2D eigenvalue weighted by Crippen LogP contribution is -2.50. The number of amides is 3. The minimum Gasteiger partial charge on any atom is -0.450 e. The van der Waals surface area contributed by atoms with Crippen LogP contribution in [0.5, 0.6) is 0 Å². The Morgan fingerprint density at radius 1 is 0.941 bits per heavy atom. The molecule has 0 spiro atoms. The molecular formula is C23H25F3N4O4. The van der Waals surface area contributed by atoms with Crippen molar-refractivity contribution in [3.05, 3.63) is 59.7 Å². The first-order valence-electron chi connectivity index (χ1n) is 10.7. The number of anilines is 2. The summed E-state index contributed by atoms with van der Waals surface area (Å²) < 4.78 is 43.6. The van der Waals surface area contributed by atoms with Crippen LogP contribution >= 0.6 is 0 Å². The standard InChI is InChI=1S/C23H25F3N4O4/c1-2-34-22(33)30-11-9-29(10-12-30)15-20(31)27-18-7-3-5-16(13-18)21(32)28-19-8-4-6-17(14-19)23(24,25)26/h3-8,13-14H,2,9-12,15H2,1H3,(H,27,31)(H,28,32). The zero-order valence-electron chi connectivity index (χ0n) is 18.5. The van der Waals surface area contributed by atoms with Crippen molar-refractivity contribution in [3.63, 3.8) is 0 Å². The minimum atomic E-state index is -4.52. The number of hydrogen-bond donors (Lipinski definition) is 2. The van der Waals surface area contributed by atoms with Crippen molar-refractivity contribution in [2.75, 3.05) is 50.0 Å². The van der Waals surface area contributed by atoms with Gasteiger partial charge in [0, 0.05) is 43.1 Å². The largest absolute Gasteiger partial charge is 0.450 e. The van der Waals surface area contributed by atoms with E-state index in [1.165, 1.54) is 24.3 Å². The maximum absolute atomic E-state index is 12.9. The molecule has 2 aromatic carbocycles. The van der Waals surface area contributed by atoms with Crippen LogP contribution < -0.4 is 10.6 Å². The molecule has 0 aromatic heterocycles. The van der Waals surface area contributed by atoms with E-state index in [9.17, 15) is 27.6 Å². The molecule has 1 fully saturated rings. The van der Waals surface area contributed by atoms with E-state index < -0.39 is 17.6 Å². The van der Waals surface area contributed by atoms with Crippen molar-refractivity contribution < 1.29 is 32.3 Å². The third-order valence-corrected chi connectivity index (χ3v) is 5.12. The van der Waals surface area contributed by atoms with Gasteiger partial charge in [0.25, 0.3) is 5.91 Å². The monoisotopic (exact) mass is 478 g/mol. The average molecular weight is 478 g/mol. The first kappa shape index (κ1) is 25.0. The van der Waals surface area contributed by atoms with E-state index in [0.717, 1.165) is 12.1 Å². The molecule has 182 valence electrons. The highest BCUT2D eigenvalue weighted by Gasteiger charge is 2.30. The normalized spacial score (nSPS) is 14.4. The van der Waals surface area contributed by atoms with Crippen LogP contribution in [0.4, 0.5) is 29.3 Å². The first-order valence-corrected chi connectivity index (χ1v) is 10.7. The lowest BCUT2D eigenvalue weighted by atomic mass is 10.1. The number of alkyl halides is 3. The van der Waals surface area contributed by atoms with Crippen molar-refractivity contribution in [1.29, 1.82) is 0 Å². The van der Waals surface area contributed by atoms with Crippen molar-refractivity contribution in [3.8, 4) is 0 Å². The zero-order chi connectivity index (χ0) is 24.7. The van der Waals surface area contributed by atoms with Gasteiger partial charge in [0.2, 0.25) is 5.91 Å². The van der Waals surface area contributed by atoms with Crippen LogP contribution in [0.25, 0.3) is 0 Å². The second kappa shape index (κ2) is 11.0. The molecule has 0 radical (unpaired) electrons. The van der Waals surface area contributed by atoms with Crippen molar-refractivity contribution in [1.82, 2.24) is 9.80 Å². The van der Waals surface area contributed by atoms with Crippen molar-refractivity contribution in [2.24, 2.45) is 0 Å². The molecule has 1 saturated heterocycles. The summed E-state index contributed by atoms with van der Waals surface area (Å²) in [6.45, 7) is 4.10. The third kappa shape index (κ3) is 6.95. The fourth-order valence-electron chi connectivity index (χ4n) is 3.42. The van der Waals surface area contributed by atoms with Gasteiger partial charge >= 0.3 is 12.3 Å². The Hall–Kier alpha value is -3.60. The van der Waals surface area contributed by atoms with E-state index in [0.29, 0.717) is 38.5 Å². The molecule has 0 unspecified atom stereocenters. The molecule has 1 aliphatic rings. The van der Waals surface area contributed by atoms with Gasteiger partial charge in [-0.05, 0) is 43.3 Å². The fraction of sp³-hybridized carbons (Fsp3) is 0.348. The smallest absolute Gasteiger partial charge is 0.416 e. The van der Waals surface area contributed by atoms with Crippen LogP contribution in [0.15, 0.2) is 48.5 Å². The predicted octanol–water partition coefficient (Wildman–Crippen LogP) is 3.67. The van der Waals surface area contributed by atoms with E-state index in [-0.39, 0.29) is 29.8 Å². The van der Waals surface area contributed by atoms with Crippen LogP contribution in [-0.4, -0.2) is 67.0 Å². The zero-order valence-corrected chi connectivity index (χ0v) is 18.5. The number of rotatable bonds is 6. The number of benzene rings is 2. The van der Waals surface area contributed by atoms with E-state index >= 15 is 0 Å². The van der Waals surface area contributed by atoms with Crippen LogP contribution in [0, 0.1) is 0 Å². The second-order valence-corrected chi connectivity index (χ2v) is 7.62. The molecule has 34 heavy (non-hydrogen) atoms. The van der Waals surface area contributed by atoms with Gasteiger partial charge in [-0.25, -0.2) is 4.79 Å². The lowest BCUT2D eigenvalue weighted by Gasteiger charge is -2.33. The maximum atomic E-state index is 12.9. The molecule has 0 atom stereocenters. The molecule has 2 N–H and O–H groups in total. The SMILES string of the molecule is CCOC(=O)N1CCN(CC(=O)Nc2cccc(C(=O)Nc3cccc(C(F)(F)F)c3)c2)CC1. The molecule has 2 aromatic rings. The quantitative estimate of drug-likeness (QED) is 0.661. The number of carbonyl (C=O) groups is 3. The van der Waals surface area contributed by atoms with E-state index in [1.807, 2.05) is 4.90 Å². The Morgan fingerprint density at radius 2 is 1.59 bits per heavy atom. The van der Waals surface area contributed by atoms with Crippen LogP contribution in [0.1, 0.15) is 22.8 Å². The predicted molar refractivity (Wildman–Crippen MR) is 120 cm³/mol. The van der Waals surface area contributed by atoms with Crippen molar-refractivity contribution in [2.45, 2.75) is 13.1 Å². The van der Waals surface area contributed by atoms with Crippen LogP contribution in [-0.2, 0) is 15.7 Å². The van der Waals surface area contributed by atoms with E-state index in [2.05, 4.69) is 10.6 Å². The number of halogens is 3. The number of piperazine rings is 1. The molecule has 0 bridgehead atoms. The molecule has 1 aliphatic heterocycles. The summed E-state index contributed by atoms with van der Waals surface area (Å²) in [5.74, 6) is -0.898. The van der Waals surface area contributed by atoms with E-state index in [4.69, 9.17) is 4.74 Å². The Kier molecular flexibility index (Phi) is 8.11. The fourth-order valence-corrected chi connectivity index (χ4v) is 3.42. The van der Waals surface area contributed by atoms with Gasteiger partial charge in [-0.1, -0.05) is 12.1 Å². The van der Waals surface area contributed by atoms with Crippen LogP contribution in [0.2, 0.25) is 0 Å². The average Bonchev–Trinajstić information content (AvgIpc) is 2.79. The number of hydrogen-bond acceptors (Lipinski definition) is 5. The van der Waals surface area contributed by atoms with Gasteiger partial charge in [-0.3, -0.25) is 14.5 Å². The van der Waals surface area contributed by atoms with Gasteiger partial charge in [-0.15, -0.1) is 0 Å². The van der Waals surface area contributed by atoms with Gasteiger partial charge < -0.3 is 20.3 Å². The summed E-state index contributed by atoms with van der Waals surface area (Å²) >= 11 is 0. The highest BCUT2D eigenvalue weighted by Crippen LogP contribution is 2.30. The molecule has 3 amide bonds. The summed E-state index contributed by atoms with van der Waals surface area (Å²) in [5.41, 5.74) is -0.296. The Balaban J connectivity index is 1.54. The number of ether oxygens (including phenoxy) is 1.